The molecule has 0 saturated carbocycles. The summed E-state index contributed by atoms with van der Waals surface area (Å²) in [5.74, 6) is 0.788. The molecule has 0 amide bonds. The Bertz CT molecular complexity index is 287. The zero-order valence-corrected chi connectivity index (χ0v) is 10.2. The highest BCUT2D eigenvalue weighted by Gasteiger charge is 1.98. The van der Waals surface area contributed by atoms with Crippen LogP contribution in [0.4, 0.5) is 0 Å². The fourth-order valence-corrected chi connectivity index (χ4v) is 1.59. The van der Waals surface area contributed by atoms with E-state index in [4.69, 9.17) is 11.6 Å². The van der Waals surface area contributed by atoms with Gasteiger partial charge < -0.3 is 5.32 Å². The molecule has 0 aromatic carbocycles. The van der Waals surface area contributed by atoms with E-state index in [0.29, 0.717) is 0 Å². The molecule has 1 N–H and O–H groups in total. The predicted molar refractivity (Wildman–Crippen MR) is 65.0 cm³/mol. The number of hydrogen-bond donors (Lipinski definition) is 1. The Morgan fingerprint density at radius 2 is 2.27 bits per heavy atom. The van der Waals surface area contributed by atoms with Crippen LogP contribution >= 0.6 is 11.6 Å². The molecule has 0 radical (unpaired) electrons. The van der Waals surface area contributed by atoms with Crippen LogP contribution < -0.4 is 5.32 Å². The molecule has 3 heteroatoms. The summed E-state index contributed by atoms with van der Waals surface area (Å²) in [6.45, 7) is 6.38. The van der Waals surface area contributed by atoms with Crippen molar-refractivity contribution in [3.8, 4) is 0 Å². The summed E-state index contributed by atoms with van der Waals surface area (Å²) in [6, 6.07) is 1.96. The summed E-state index contributed by atoms with van der Waals surface area (Å²) in [5, 5.41) is 4.13. The van der Waals surface area contributed by atoms with Crippen LogP contribution in [0.15, 0.2) is 18.5 Å². The first-order valence-corrected chi connectivity index (χ1v) is 5.87. The first-order valence-electron chi connectivity index (χ1n) is 5.49. The van der Waals surface area contributed by atoms with Gasteiger partial charge in [0.15, 0.2) is 0 Å². The molecular weight excluding hydrogens is 208 g/mol. The summed E-state index contributed by atoms with van der Waals surface area (Å²) < 4.78 is 0. The minimum atomic E-state index is 0.744. The lowest BCUT2D eigenvalue weighted by molar-refractivity contribution is 0.527. The third kappa shape index (κ3) is 5.14. The van der Waals surface area contributed by atoms with Gasteiger partial charge in [0, 0.05) is 18.9 Å². The van der Waals surface area contributed by atoms with Crippen LogP contribution in [0.3, 0.4) is 0 Å². The average Bonchev–Trinajstić information content (AvgIpc) is 2.20. The molecule has 0 aliphatic rings. The molecule has 1 rings (SSSR count). The molecule has 0 bridgehead atoms. The lowest BCUT2D eigenvalue weighted by Crippen LogP contribution is -2.15. The Kier molecular flexibility index (Phi) is 5.66. The molecule has 0 aliphatic carbocycles. The van der Waals surface area contributed by atoms with Crippen molar-refractivity contribution in [2.75, 3.05) is 6.54 Å². The van der Waals surface area contributed by atoms with Gasteiger partial charge in [-0.1, -0.05) is 25.4 Å². The number of nitrogens with one attached hydrogen (secondary N) is 1. The van der Waals surface area contributed by atoms with Crippen LogP contribution in [0.25, 0.3) is 0 Å². The smallest absolute Gasteiger partial charge is 0.0634 e. The van der Waals surface area contributed by atoms with Crippen molar-refractivity contribution in [1.29, 1.82) is 0 Å². The SMILES string of the molecule is CC(C)CCCNCc1ccncc1Cl. The van der Waals surface area contributed by atoms with Crippen LogP contribution in [-0.4, -0.2) is 11.5 Å². The van der Waals surface area contributed by atoms with Gasteiger partial charge in [-0.25, -0.2) is 0 Å². The number of pyridine rings is 1. The van der Waals surface area contributed by atoms with Crippen LogP contribution in [0.2, 0.25) is 5.02 Å². The van der Waals surface area contributed by atoms with Gasteiger partial charge in [0.1, 0.15) is 0 Å². The summed E-state index contributed by atoms with van der Waals surface area (Å²) >= 11 is 5.99. The van der Waals surface area contributed by atoms with Gasteiger partial charge in [-0.3, -0.25) is 4.98 Å². The van der Waals surface area contributed by atoms with E-state index in [-0.39, 0.29) is 0 Å². The van der Waals surface area contributed by atoms with E-state index in [1.165, 1.54) is 12.8 Å². The van der Waals surface area contributed by atoms with Crippen molar-refractivity contribution in [3.05, 3.63) is 29.0 Å². The Morgan fingerprint density at radius 1 is 1.47 bits per heavy atom. The number of halogens is 1. The monoisotopic (exact) mass is 226 g/mol. The van der Waals surface area contributed by atoms with Gasteiger partial charge in [0.2, 0.25) is 0 Å². The first-order chi connectivity index (χ1) is 7.20. The fourth-order valence-electron chi connectivity index (χ4n) is 1.41. The molecule has 15 heavy (non-hydrogen) atoms. The van der Waals surface area contributed by atoms with Crippen LogP contribution in [0.5, 0.6) is 0 Å². The Labute approximate surface area is 97.1 Å². The van der Waals surface area contributed by atoms with Gasteiger partial charge in [0.05, 0.1) is 5.02 Å². The molecule has 84 valence electrons. The molecule has 0 aliphatic heterocycles. The highest BCUT2D eigenvalue weighted by atomic mass is 35.5. The molecule has 2 nitrogen and oxygen atoms in total. The summed E-state index contributed by atoms with van der Waals surface area (Å²) in [5.41, 5.74) is 1.12. The highest BCUT2D eigenvalue weighted by molar-refractivity contribution is 6.31. The van der Waals surface area contributed by atoms with Gasteiger partial charge in [-0.05, 0) is 36.9 Å². The standard InChI is InChI=1S/C12H19ClN2/c1-10(2)4-3-6-14-8-11-5-7-15-9-12(11)13/h5,7,9-10,14H,3-4,6,8H2,1-2H3. The maximum atomic E-state index is 5.99. The molecule has 0 spiro atoms. The van der Waals surface area contributed by atoms with Crippen molar-refractivity contribution >= 4 is 11.6 Å². The maximum absolute atomic E-state index is 5.99. The van der Waals surface area contributed by atoms with Gasteiger partial charge in [0.25, 0.3) is 0 Å². The van der Waals surface area contributed by atoms with E-state index in [1.807, 2.05) is 6.07 Å². The van der Waals surface area contributed by atoms with Crippen LogP contribution in [0, 0.1) is 5.92 Å². The zero-order valence-electron chi connectivity index (χ0n) is 9.46. The van der Waals surface area contributed by atoms with E-state index < -0.39 is 0 Å². The quantitative estimate of drug-likeness (QED) is 0.754. The van der Waals surface area contributed by atoms with Crippen LogP contribution in [-0.2, 0) is 6.54 Å². The Balaban J connectivity index is 2.18. The molecule has 0 saturated heterocycles. The van der Waals surface area contributed by atoms with Crippen molar-refractivity contribution in [3.63, 3.8) is 0 Å². The number of hydrogen-bond acceptors (Lipinski definition) is 2. The summed E-state index contributed by atoms with van der Waals surface area (Å²) in [6.07, 6.45) is 5.96. The number of aromatic nitrogens is 1. The molecular formula is C12H19ClN2. The van der Waals surface area contributed by atoms with E-state index in [0.717, 1.165) is 29.6 Å². The van der Waals surface area contributed by atoms with Gasteiger partial charge >= 0.3 is 0 Å². The number of nitrogens with zero attached hydrogens (tertiary/aromatic N) is 1. The number of rotatable bonds is 6. The van der Waals surface area contributed by atoms with E-state index >= 15 is 0 Å². The second-order valence-corrected chi connectivity index (χ2v) is 4.59. The lowest BCUT2D eigenvalue weighted by atomic mass is 10.1. The maximum Gasteiger partial charge on any atom is 0.0634 e. The van der Waals surface area contributed by atoms with Crippen molar-refractivity contribution in [1.82, 2.24) is 10.3 Å². The van der Waals surface area contributed by atoms with E-state index in [9.17, 15) is 0 Å². The van der Waals surface area contributed by atoms with Crippen molar-refractivity contribution < 1.29 is 0 Å². The molecule has 0 atom stereocenters. The minimum Gasteiger partial charge on any atom is -0.313 e. The normalized spacial score (nSPS) is 10.9. The third-order valence-corrected chi connectivity index (χ3v) is 2.65. The third-order valence-electron chi connectivity index (χ3n) is 2.31. The zero-order chi connectivity index (χ0) is 11.1. The summed E-state index contributed by atoms with van der Waals surface area (Å²) in [4.78, 5) is 3.95. The molecule has 1 heterocycles. The summed E-state index contributed by atoms with van der Waals surface area (Å²) in [7, 11) is 0. The molecule has 0 unspecified atom stereocenters. The van der Waals surface area contributed by atoms with Gasteiger partial charge in [-0.2, -0.15) is 0 Å². The highest BCUT2D eigenvalue weighted by Crippen LogP contribution is 2.12. The Hall–Kier alpha value is -0.600. The largest absolute Gasteiger partial charge is 0.313 e. The molecule has 1 aromatic heterocycles. The van der Waals surface area contributed by atoms with E-state index in [2.05, 4.69) is 24.1 Å². The second kappa shape index (κ2) is 6.81. The minimum absolute atomic E-state index is 0.744. The fraction of sp³-hybridized carbons (Fsp3) is 0.583. The molecule has 0 fully saturated rings. The van der Waals surface area contributed by atoms with Crippen LogP contribution in [0.1, 0.15) is 32.3 Å². The van der Waals surface area contributed by atoms with Gasteiger partial charge in [-0.15, -0.1) is 0 Å². The lowest BCUT2D eigenvalue weighted by Gasteiger charge is -2.07. The topological polar surface area (TPSA) is 24.9 Å². The van der Waals surface area contributed by atoms with Crippen molar-refractivity contribution in [2.24, 2.45) is 5.92 Å². The second-order valence-electron chi connectivity index (χ2n) is 4.18. The predicted octanol–water partition coefficient (Wildman–Crippen LogP) is 3.26. The van der Waals surface area contributed by atoms with Crippen molar-refractivity contribution in [2.45, 2.75) is 33.2 Å². The Morgan fingerprint density at radius 3 is 2.93 bits per heavy atom. The average molecular weight is 227 g/mol. The molecule has 1 aromatic rings. The van der Waals surface area contributed by atoms with E-state index in [1.54, 1.807) is 12.4 Å². The first kappa shape index (κ1) is 12.5.